The number of nitrogens with zero attached hydrogens (tertiary/aromatic N) is 2. The third-order valence-electron chi connectivity index (χ3n) is 7.05. The number of methoxy groups -OCH3 is 1. The summed E-state index contributed by atoms with van der Waals surface area (Å²) in [5, 5.41) is 3.74. The number of aromatic amines is 1. The standard InChI is InChI=1S/C33H24F2N4O3/c1-42-33(41)29(17-22-18-36-26-5-3-2-4-25(22)26)39-32(40)21-10-15-27-28(16-21)38-31(20-8-13-24(35)14-9-20)30(37-27)19-6-11-23(34)12-7-19/h2-16,18,29,36H,17H2,1H3,(H,39,40)/t29-/m0/s1. The Hall–Kier alpha value is -5.44. The molecule has 0 spiro atoms. The van der Waals surface area contributed by atoms with E-state index < -0.39 is 23.7 Å². The predicted octanol–water partition coefficient (Wildman–Crippen LogP) is 6.24. The van der Waals surface area contributed by atoms with E-state index >= 15 is 0 Å². The van der Waals surface area contributed by atoms with Crippen molar-refractivity contribution in [2.45, 2.75) is 12.5 Å². The van der Waals surface area contributed by atoms with Crippen LogP contribution in [0.1, 0.15) is 15.9 Å². The number of nitrogens with one attached hydrogen (secondary N) is 2. The molecule has 4 aromatic carbocycles. The summed E-state index contributed by atoms with van der Waals surface area (Å²) in [6.07, 6.45) is 2.04. The number of carbonyl (C=O) groups excluding carboxylic acids is 2. The van der Waals surface area contributed by atoms with E-state index in [1.807, 2.05) is 30.5 Å². The van der Waals surface area contributed by atoms with Gasteiger partial charge in [0.05, 0.1) is 29.5 Å². The van der Waals surface area contributed by atoms with Crippen LogP contribution in [0.5, 0.6) is 0 Å². The Morgan fingerprint density at radius 2 is 1.45 bits per heavy atom. The predicted molar refractivity (Wildman–Crippen MR) is 156 cm³/mol. The number of carbonyl (C=O) groups is 2. The Bertz CT molecular complexity index is 1940. The van der Waals surface area contributed by atoms with E-state index in [0.717, 1.165) is 16.5 Å². The third-order valence-corrected chi connectivity index (χ3v) is 7.05. The van der Waals surface area contributed by atoms with E-state index in [9.17, 15) is 18.4 Å². The molecule has 208 valence electrons. The lowest BCUT2D eigenvalue weighted by molar-refractivity contribution is -0.142. The zero-order valence-electron chi connectivity index (χ0n) is 22.4. The molecule has 42 heavy (non-hydrogen) atoms. The maximum Gasteiger partial charge on any atom is 0.328 e. The Morgan fingerprint density at radius 3 is 2.10 bits per heavy atom. The van der Waals surface area contributed by atoms with Gasteiger partial charge in [-0.25, -0.2) is 23.5 Å². The van der Waals surface area contributed by atoms with Crippen LogP contribution in [0.15, 0.2) is 97.2 Å². The lowest BCUT2D eigenvalue weighted by Crippen LogP contribution is -2.43. The molecule has 0 bridgehead atoms. The summed E-state index contributed by atoms with van der Waals surface area (Å²) < 4.78 is 32.3. The van der Waals surface area contributed by atoms with Crippen LogP contribution >= 0.6 is 0 Å². The maximum atomic E-state index is 13.7. The Morgan fingerprint density at radius 1 is 0.833 bits per heavy atom. The number of aromatic nitrogens is 3. The van der Waals surface area contributed by atoms with Gasteiger partial charge in [0.15, 0.2) is 0 Å². The van der Waals surface area contributed by atoms with Crippen molar-refractivity contribution in [2.24, 2.45) is 0 Å². The largest absolute Gasteiger partial charge is 0.467 e. The number of ether oxygens (including phenoxy) is 1. The summed E-state index contributed by atoms with van der Waals surface area (Å²) in [6.45, 7) is 0. The molecule has 0 aliphatic rings. The van der Waals surface area contributed by atoms with Crippen LogP contribution in [0, 0.1) is 11.6 Å². The van der Waals surface area contributed by atoms with Crippen molar-refractivity contribution in [1.29, 1.82) is 0 Å². The minimum absolute atomic E-state index is 0.228. The molecule has 0 fully saturated rings. The molecule has 0 unspecified atom stereocenters. The summed E-state index contributed by atoms with van der Waals surface area (Å²) >= 11 is 0. The van der Waals surface area contributed by atoms with E-state index in [0.29, 0.717) is 33.5 Å². The van der Waals surface area contributed by atoms with Gasteiger partial charge in [0.25, 0.3) is 5.91 Å². The molecular formula is C33H24F2N4O3. The number of fused-ring (bicyclic) bond motifs is 2. The molecule has 0 aliphatic carbocycles. The number of hydrogen-bond donors (Lipinski definition) is 2. The molecule has 9 heteroatoms. The number of amides is 1. The number of H-pyrrole nitrogens is 1. The van der Waals surface area contributed by atoms with Gasteiger partial charge in [0, 0.05) is 40.2 Å². The number of halogens is 2. The molecule has 2 aromatic heterocycles. The van der Waals surface area contributed by atoms with Gasteiger partial charge >= 0.3 is 5.97 Å². The zero-order chi connectivity index (χ0) is 29.2. The average molecular weight is 563 g/mol. The van der Waals surface area contributed by atoms with E-state index in [2.05, 4.69) is 10.3 Å². The quantitative estimate of drug-likeness (QED) is 0.225. The van der Waals surface area contributed by atoms with Crippen molar-refractivity contribution in [3.63, 3.8) is 0 Å². The average Bonchev–Trinajstić information content (AvgIpc) is 3.43. The zero-order valence-corrected chi connectivity index (χ0v) is 22.4. The number of esters is 1. The van der Waals surface area contributed by atoms with Crippen molar-refractivity contribution in [3.05, 3.63) is 120 Å². The van der Waals surface area contributed by atoms with Crippen LogP contribution in [-0.2, 0) is 16.0 Å². The second-order valence-electron chi connectivity index (χ2n) is 9.75. The fraction of sp³-hybridized carbons (Fsp3) is 0.0909. The second-order valence-corrected chi connectivity index (χ2v) is 9.75. The minimum atomic E-state index is -0.931. The highest BCUT2D eigenvalue weighted by Crippen LogP contribution is 2.31. The topological polar surface area (TPSA) is 97.0 Å². The van der Waals surface area contributed by atoms with Crippen LogP contribution in [0.25, 0.3) is 44.5 Å². The Labute approximate surface area is 239 Å². The van der Waals surface area contributed by atoms with Crippen LogP contribution in [0.4, 0.5) is 8.78 Å². The molecule has 0 saturated carbocycles. The molecule has 6 rings (SSSR count). The molecule has 6 aromatic rings. The van der Waals surface area contributed by atoms with Crippen molar-refractivity contribution < 1.29 is 23.1 Å². The smallest absolute Gasteiger partial charge is 0.328 e. The van der Waals surface area contributed by atoms with Crippen molar-refractivity contribution >= 4 is 33.8 Å². The SMILES string of the molecule is COC(=O)[C@H](Cc1c[nH]c2ccccc12)NC(=O)c1ccc2nc(-c3ccc(F)cc3)c(-c3ccc(F)cc3)nc2c1. The van der Waals surface area contributed by atoms with Crippen LogP contribution in [-0.4, -0.2) is 40.0 Å². The first-order chi connectivity index (χ1) is 20.4. The van der Waals surface area contributed by atoms with Gasteiger partial charge in [0.1, 0.15) is 17.7 Å². The lowest BCUT2D eigenvalue weighted by atomic mass is 10.0. The summed E-state index contributed by atoms with van der Waals surface area (Å²) in [5.41, 5.74) is 5.13. The summed E-state index contributed by atoms with van der Waals surface area (Å²) in [5.74, 6) is -1.85. The monoisotopic (exact) mass is 562 g/mol. The molecule has 1 amide bonds. The first-order valence-corrected chi connectivity index (χ1v) is 13.2. The van der Waals surface area contributed by atoms with Crippen molar-refractivity contribution in [2.75, 3.05) is 7.11 Å². The number of hydrogen-bond acceptors (Lipinski definition) is 5. The summed E-state index contributed by atoms with van der Waals surface area (Å²) in [6, 6.07) is 23.3. The second kappa shape index (κ2) is 11.2. The third kappa shape index (κ3) is 5.32. The van der Waals surface area contributed by atoms with Gasteiger partial charge in [-0.1, -0.05) is 18.2 Å². The molecule has 7 nitrogen and oxygen atoms in total. The molecule has 0 saturated heterocycles. The molecule has 1 atom stereocenters. The Kier molecular flexibility index (Phi) is 7.14. The van der Waals surface area contributed by atoms with Crippen LogP contribution in [0.2, 0.25) is 0 Å². The van der Waals surface area contributed by atoms with Gasteiger partial charge < -0.3 is 15.0 Å². The van der Waals surface area contributed by atoms with Gasteiger partial charge in [-0.2, -0.15) is 0 Å². The number of benzene rings is 4. The maximum absolute atomic E-state index is 13.7. The van der Waals surface area contributed by atoms with Gasteiger partial charge in [-0.3, -0.25) is 4.79 Å². The van der Waals surface area contributed by atoms with E-state index in [4.69, 9.17) is 14.7 Å². The van der Waals surface area contributed by atoms with Crippen molar-refractivity contribution in [3.8, 4) is 22.5 Å². The highest BCUT2D eigenvalue weighted by molar-refractivity contribution is 6.00. The highest BCUT2D eigenvalue weighted by atomic mass is 19.1. The van der Waals surface area contributed by atoms with Gasteiger partial charge in [0.2, 0.25) is 0 Å². The van der Waals surface area contributed by atoms with E-state index in [1.165, 1.54) is 31.4 Å². The molecule has 0 radical (unpaired) electrons. The van der Waals surface area contributed by atoms with E-state index in [-0.39, 0.29) is 17.8 Å². The number of rotatable bonds is 7. The number of para-hydroxylation sites is 1. The summed E-state index contributed by atoms with van der Waals surface area (Å²) in [4.78, 5) is 38.8. The first-order valence-electron chi connectivity index (χ1n) is 13.2. The minimum Gasteiger partial charge on any atom is -0.467 e. The summed E-state index contributed by atoms with van der Waals surface area (Å²) in [7, 11) is 1.28. The highest BCUT2D eigenvalue weighted by Gasteiger charge is 2.24. The molecule has 0 aliphatic heterocycles. The van der Waals surface area contributed by atoms with Gasteiger partial charge in [-0.15, -0.1) is 0 Å². The fourth-order valence-electron chi connectivity index (χ4n) is 4.91. The first kappa shape index (κ1) is 26.8. The lowest BCUT2D eigenvalue weighted by Gasteiger charge is -2.17. The van der Waals surface area contributed by atoms with Crippen molar-refractivity contribution in [1.82, 2.24) is 20.3 Å². The Balaban J connectivity index is 1.35. The fourth-order valence-corrected chi connectivity index (χ4v) is 4.91. The van der Waals surface area contributed by atoms with E-state index in [1.54, 1.807) is 42.5 Å². The van der Waals surface area contributed by atoms with Gasteiger partial charge in [-0.05, 0) is 78.4 Å². The molecular weight excluding hydrogens is 538 g/mol. The normalized spacial score (nSPS) is 11.9. The van der Waals surface area contributed by atoms with Crippen LogP contribution < -0.4 is 5.32 Å². The molecule has 2 heterocycles. The molecule has 2 N–H and O–H groups in total. The van der Waals surface area contributed by atoms with Crippen LogP contribution in [0.3, 0.4) is 0 Å².